The van der Waals surface area contributed by atoms with E-state index >= 15 is 0 Å². The summed E-state index contributed by atoms with van der Waals surface area (Å²) in [5.41, 5.74) is 0.779. The van der Waals surface area contributed by atoms with Crippen LogP contribution in [0.15, 0.2) is 23.4 Å². The van der Waals surface area contributed by atoms with E-state index in [1.165, 1.54) is 0 Å². The minimum absolute atomic E-state index is 0.148. The average Bonchev–Trinajstić information content (AvgIpc) is 3.20. The predicted octanol–water partition coefficient (Wildman–Crippen LogP) is 4.63. The molecule has 1 fully saturated rings. The van der Waals surface area contributed by atoms with E-state index in [1.807, 2.05) is 22.0 Å². The van der Waals surface area contributed by atoms with Crippen LogP contribution in [0, 0.1) is 0 Å². The fourth-order valence-electron chi connectivity index (χ4n) is 3.74. The number of nitrogens with zero attached hydrogens (tertiary/aromatic N) is 3. The summed E-state index contributed by atoms with van der Waals surface area (Å²) in [7, 11) is 3.11. The van der Waals surface area contributed by atoms with Gasteiger partial charge in [0, 0.05) is 11.6 Å². The van der Waals surface area contributed by atoms with Gasteiger partial charge in [-0.05, 0) is 38.0 Å². The topological polar surface area (TPSA) is 78.3 Å². The third-order valence-corrected chi connectivity index (χ3v) is 6.42. The van der Waals surface area contributed by atoms with Crippen LogP contribution in [0.1, 0.15) is 45.1 Å². The van der Waals surface area contributed by atoms with Crippen molar-refractivity contribution in [1.29, 1.82) is 0 Å². The van der Waals surface area contributed by atoms with Gasteiger partial charge in [0.15, 0.2) is 22.5 Å². The monoisotopic (exact) mass is 472 g/mol. The van der Waals surface area contributed by atoms with Crippen molar-refractivity contribution in [2.24, 2.45) is 0 Å². The third kappa shape index (κ3) is 5.87. The van der Waals surface area contributed by atoms with Crippen molar-refractivity contribution in [2.75, 3.05) is 20.8 Å². The van der Waals surface area contributed by atoms with Crippen molar-refractivity contribution in [3.63, 3.8) is 0 Å². The number of rotatable bonds is 8. The fraction of sp³-hybridized carbons (Fsp3) is 0.571. The normalized spacial score (nSPS) is 15.9. The highest BCUT2D eigenvalue weighted by atomic mass is 32.2. The van der Waals surface area contributed by atoms with Crippen LogP contribution in [0.5, 0.6) is 11.5 Å². The molecule has 1 aliphatic rings. The van der Waals surface area contributed by atoms with E-state index in [2.05, 4.69) is 10.2 Å². The van der Waals surface area contributed by atoms with Gasteiger partial charge in [0.2, 0.25) is 5.91 Å². The Hall–Kier alpha value is -2.43. The number of carbonyl (C=O) groups is 1. The molecule has 0 radical (unpaired) electrons. The van der Waals surface area contributed by atoms with E-state index in [-0.39, 0.29) is 6.04 Å². The summed E-state index contributed by atoms with van der Waals surface area (Å²) >= 11 is 1.11. The number of thioether (sulfide) groups is 1. The number of benzene rings is 1. The predicted molar refractivity (Wildman–Crippen MR) is 115 cm³/mol. The summed E-state index contributed by atoms with van der Waals surface area (Å²) in [6.07, 6.45) is 0.729. The average molecular weight is 473 g/mol. The van der Waals surface area contributed by atoms with Gasteiger partial charge in [0.05, 0.1) is 19.5 Å². The van der Waals surface area contributed by atoms with Crippen molar-refractivity contribution < 1.29 is 27.4 Å². The maximum absolute atomic E-state index is 12.5. The molecule has 176 valence electrons. The van der Waals surface area contributed by atoms with E-state index in [9.17, 15) is 18.0 Å². The lowest BCUT2D eigenvalue weighted by Crippen LogP contribution is -2.38. The molecule has 1 N–H and O–H groups in total. The Morgan fingerprint density at radius 1 is 1.19 bits per heavy atom. The quantitative estimate of drug-likeness (QED) is 0.565. The molecule has 1 aromatic carbocycles. The molecule has 1 aromatic heterocycles. The number of aromatic nitrogens is 3. The third-order valence-electron chi connectivity index (χ3n) is 5.36. The van der Waals surface area contributed by atoms with Gasteiger partial charge in [0.25, 0.3) is 0 Å². The Morgan fingerprint density at radius 3 is 2.50 bits per heavy atom. The van der Waals surface area contributed by atoms with Crippen molar-refractivity contribution >= 4 is 17.7 Å². The van der Waals surface area contributed by atoms with Crippen molar-refractivity contribution in [3.05, 3.63) is 18.2 Å². The number of carbonyl (C=O) groups excluding carboxylic acids is 1. The van der Waals surface area contributed by atoms with Crippen molar-refractivity contribution in [2.45, 2.75) is 61.7 Å². The first kappa shape index (κ1) is 24.2. The second-order valence-electron chi connectivity index (χ2n) is 7.63. The summed E-state index contributed by atoms with van der Waals surface area (Å²) in [6.45, 7) is 0.204. The first-order valence-electron chi connectivity index (χ1n) is 10.4. The minimum atomic E-state index is -4.46. The molecular weight excluding hydrogens is 445 g/mol. The number of methoxy groups -OCH3 is 2. The number of hydrogen-bond donors (Lipinski definition) is 1. The van der Waals surface area contributed by atoms with E-state index in [1.54, 1.807) is 27.2 Å². The van der Waals surface area contributed by atoms with Gasteiger partial charge < -0.3 is 14.8 Å². The number of hydrogen-bond acceptors (Lipinski definition) is 6. The van der Waals surface area contributed by atoms with Crippen LogP contribution in [0.25, 0.3) is 11.4 Å². The zero-order chi connectivity index (χ0) is 23.3. The molecule has 1 heterocycles. The van der Waals surface area contributed by atoms with E-state index < -0.39 is 23.9 Å². The van der Waals surface area contributed by atoms with Gasteiger partial charge >= 0.3 is 6.18 Å². The number of ether oxygens (including phenoxy) is 2. The van der Waals surface area contributed by atoms with Crippen molar-refractivity contribution in [1.82, 2.24) is 20.1 Å². The molecule has 7 nitrogen and oxygen atoms in total. The highest BCUT2D eigenvalue weighted by Gasteiger charge is 2.30. The molecule has 1 unspecified atom stereocenters. The maximum Gasteiger partial charge on any atom is 0.405 e. The van der Waals surface area contributed by atoms with Crippen LogP contribution < -0.4 is 14.8 Å². The van der Waals surface area contributed by atoms with E-state index in [4.69, 9.17) is 9.47 Å². The maximum atomic E-state index is 12.5. The van der Waals surface area contributed by atoms with Crippen LogP contribution in [0.2, 0.25) is 0 Å². The number of amides is 1. The van der Waals surface area contributed by atoms with Gasteiger partial charge in [-0.1, -0.05) is 31.0 Å². The van der Waals surface area contributed by atoms with Gasteiger partial charge in [-0.15, -0.1) is 10.2 Å². The molecule has 1 amide bonds. The van der Waals surface area contributed by atoms with Gasteiger partial charge in [-0.25, -0.2) is 0 Å². The van der Waals surface area contributed by atoms with E-state index in [0.29, 0.717) is 22.5 Å². The molecule has 0 spiro atoms. The Kier molecular flexibility index (Phi) is 7.91. The van der Waals surface area contributed by atoms with Crippen LogP contribution >= 0.6 is 11.8 Å². The standard InChI is InChI=1S/C21H27F3N4O3S/c1-13(19(29)25-12-21(22,23)24)32-20-27-26-18(28(20)15-7-5-4-6-8-15)14-9-10-16(30-2)17(11-14)31-3/h9-11,13,15H,4-8,12H2,1-3H3,(H,25,29). The highest BCUT2D eigenvalue weighted by molar-refractivity contribution is 8.00. The lowest BCUT2D eigenvalue weighted by molar-refractivity contribution is -0.137. The lowest BCUT2D eigenvalue weighted by Gasteiger charge is -2.26. The lowest BCUT2D eigenvalue weighted by atomic mass is 9.95. The second kappa shape index (κ2) is 10.5. The SMILES string of the molecule is COc1ccc(-c2nnc(SC(C)C(=O)NCC(F)(F)F)n2C2CCCCC2)cc1OC. The summed E-state index contributed by atoms with van der Waals surface area (Å²) < 4.78 is 50.1. The summed E-state index contributed by atoms with van der Waals surface area (Å²) in [6, 6.07) is 5.61. The van der Waals surface area contributed by atoms with Crippen LogP contribution in [0.4, 0.5) is 13.2 Å². The molecule has 0 bridgehead atoms. The summed E-state index contributed by atoms with van der Waals surface area (Å²) in [4.78, 5) is 12.2. The molecule has 0 saturated heterocycles. The largest absolute Gasteiger partial charge is 0.493 e. The van der Waals surface area contributed by atoms with Crippen LogP contribution in [-0.4, -0.2) is 52.9 Å². The summed E-state index contributed by atoms with van der Waals surface area (Å²) in [5, 5.41) is 10.4. The number of alkyl halides is 3. The molecule has 1 atom stereocenters. The zero-order valence-corrected chi connectivity index (χ0v) is 19.1. The van der Waals surface area contributed by atoms with Gasteiger partial charge in [-0.3, -0.25) is 9.36 Å². The molecule has 1 saturated carbocycles. The molecule has 2 aromatic rings. The van der Waals surface area contributed by atoms with Gasteiger partial charge in [0.1, 0.15) is 6.54 Å². The Bertz CT molecular complexity index is 929. The van der Waals surface area contributed by atoms with Crippen LogP contribution in [0.3, 0.4) is 0 Å². The molecule has 1 aliphatic carbocycles. The molecule has 32 heavy (non-hydrogen) atoms. The molecule has 11 heteroatoms. The van der Waals surface area contributed by atoms with E-state index in [0.717, 1.165) is 49.4 Å². The Morgan fingerprint density at radius 2 is 1.88 bits per heavy atom. The first-order valence-corrected chi connectivity index (χ1v) is 11.3. The highest BCUT2D eigenvalue weighted by Crippen LogP contribution is 2.38. The van der Waals surface area contributed by atoms with Crippen LogP contribution in [-0.2, 0) is 4.79 Å². The smallest absolute Gasteiger partial charge is 0.405 e. The zero-order valence-electron chi connectivity index (χ0n) is 18.2. The first-order chi connectivity index (χ1) is 15.2. The number of nitrogens with one attached hydrogen (secondary N) is 1. The molecule has 0 aliphatic heterocycles. The Labute approximate surface area is 189 Å². The van der Waals surface area contributed by atoms with Gasteiger partial charge in [-0.2, -0.15) is 13.2 Å². The minimum Gasteiger partial charge on any atom is -0.493 e. The number of halogens is 3. The summed E-state index contributed by atoms with van der Waals surface area (Å²) in [5.74, 6) is 1.07. The second-order valence-corrected chi connectivity index (χ2v) is 8.94. The molecule has 3 rings (SSSR count). The van der Waals surface area contributed by atoms with Crippen molar-refractivity contribution in [3.8, 4) is 22.9 Å². The molecular formula is C21H27F3N4O3S. The Balaban J connectivity index is 1.90. The fourth-order valence-corrected chi connectivity index (χ4v) is 4.68.